The van der Waals surface area contributed by atoms with Crippen LogP contribution in [0.2, 0.25) is 0 Å². The van der Waals surface area contributed by atoms with Crippen LogP contribution in [0.25, 0.3) is 0 Å². The maximum atomic E-state index is 9.02. The van der Waals surface area contributed by atoms with Gasteiger partial charge in [-0.15, -0.1) is 0 Å². The molecule has 2 aliphatic heterocycles. The monoisotopic (exact) mass is 226 g/mol. The zero-order valence-electron chi connectivity index (χ0n) is 10.4. The summed E-state index contributed by atoms with van der Waals surface area (Å²) < 4.78 is 0. The average Bonchev–Trinajstić information content (AvgIpc) is 2.30. The van der Waals surface area contributed by atoms with Crippen LogP contribution >= 0.6 is 0 Å². The first-order valence-corrected chi connectivity index (χ1v) is 6.87. The Morgan fingerprint density at radius 3 is 2.44 bits per heavy atom. The van der Waals surface area contributed by atoms with E-state index in [1.165, 1.54) is 32.2 Å². The molecule has 16 heavy (non-hydrogen) atoms. The Morgan fingerprint density at radius 2 is 1.75 bits per heavy atom. The molecule has 2 fully saturated rings. The predicted octanol–water partition coefficient (Wildman–Crippen LogP) is 1.13. The van der Waals surface area contributed by atoms with Crippen molar-refractivity contribution < 1.29 is 5.11 Å². The molecule has 0 radical (unpaired) electrons. The van der Waals surface area contributed by atoms with Crippen LogP contribution in [0.3, 0.4) is 0 Å². The molecule has 0 aliphatic carbocycles. The predicted molar refractivity (Wildman–Crippen MR) is 66.4 cm³/mol. The molecule has 0 aromatic heterocycles. The van der Waals surface area contributed by atoms with Crippen molar-refractivity contribution in [1.29, 1.82) is 0 Å². The van der Waals surface area contributed by atoms with Gasteiger partial charge in [-0.05, 0) is 57.0 Å². The molecule has 3 nitrogen and oxygen atoms in total. The third kappa shape index (κ3) is 3.19. The van der Waals surface area contributed by atoms with Crippen molar-refractivity contribution in [1.82, 2.24) is 10.6 Å². The Hall–Kier alpha value is -0.120. The van der Waals surface area contributed by atoms with Crippen molar-refractivity contribution in [3.8, 4) is 0 Å². The minimum Gasteiger partial charge on any atom is -0.396 e. The number of hydrogen-bond acceptors (Lipinski definition) is 3. The van der Waals surface area contributed by atoms with Gasteiger partial charge in [-0.2, -0.15) is 0 Å². The quantitative estimate of drug-likeness (QED) is 0.676. The number of hydrogen-bond donors (Lipinski definition) is 3. The molecule has 0 amide bonds. The van der Waals surface area contributed by atoms with Crippen molar-refractivity contribution in [2.45, 2.75) is 51.1 Å². The van der Waals surface area contributed by atoms with E-state index in [0.29, 0.717) is 18.7 Å². The molecule has 2 rings (SSSR count). The number of nitrogens with one attached hydrogen (secondary N) is 2. The van der Waals surface area contributed by atoms with Crippen LogP contribution < -0.4 is 10.6 Å². The van der Waals surface area contributed by atoms with Crippen molar-refractivity contribution in [3.63, 3.8) is 0 Å². The van der Waals surface area contributed by atoms with E-state index >= 15 is 0 Å². The van der Waals surface area contributed by atoms with E-state index in [1.54, 1.807) is 0 Å². The van der Waals surface area contributed by atoms with Crippen molar-refractivity contribution in [3.05, 3.63) is 0 Å². The normalized spacial score (nSPS) is 40.9. The minimum atomic E-state index is 0.353. The van der Waals surface area contributed by atoms with Crippen LogP contribution in [0.1, 0.15) is 39.0 Å². The first-order valence-electron chi connectivity index (χ1n) is 6.87. The van der Waals surface area contributed by atoms with Crippen LogP contribution in [-0.4, -0.2) is 36.9 Å². The smallest absolute Gasteiger partial charge is 0.0433 e. The van der Waals surface area contributed by atoms with E-state index in [1.807, 2.05) is 0 Å². The van der Waals surface area contributed by atoms with Crippen molar-refractivity contribution in [2.75, 3.05) is 19.7 Å². The number of rotatable bonds is 3. The molecule has 3 heteroatoms. The summed E-state index contributed by atoms with van der Waals surface area (Å²) in [5.41, 5.74) is 0. The second-order valence-electron chi connectivity index (χ2n) is 5.65. The zero-order chi connectivity index (χ0) is 11.4. The highest BCUT2D eigenvalue weighted by molar-refractivity contribution is 4.90. The lowest BCUT2D eigenvalue weighted by atomic mass is 9.82. The van der Waals surface area contributed by atoms with Gasteiger partial charge in [0.1, 0.15) is 0 Å². The van der Waals surface area contributed by atoms with Gasteiger partial charge in [0.2, 0.25) is 0 Å². The van der Waals surface area contributed by atoms with Crippen LogP contribution in [0.4, 0.5) is 0 Å². The lowest BCUT2D eigenvalue weighted by Gasteiger charge is -2.39. The third-order valence-corrected chi connectivity index (χ3v) is 4.27. The highest BCUT2D eigenvalue weighted by Gasteiger charge is 2.30. The summed E-state index contributed by atoms with van der Waals surface area (Å²) in [5, 5.41) is 16.3. The van der Waals surface area contributed by atoms with E-state index in [4.69, 9.17) is 5.11 Å². The van der Waals surface area contributed by atoms with Crippen molar-refractivity contribution in [2.24, 2.45) is 11.8 Å². The van der Waals surface area contributed by atoms with Gasteiger partial charge in [0.25, 0.3) is 0 Å². The summed E-state index contributed by atoms with van der Waals surface area (Å²) in [4.78, 5) is 0. The summed E-state index contributed by atoms with van der Waals surface area (Å²) in [6.45, 7) is 5.02. The van der Waals surface area contributed by atoms with Gasteiger partial charge in [0.05, 0.1) is 0 Å². The van der Waals surface area contributed by atoms with E-state index in [2.05, 4.69) is 17.6 Å². The van der Waals surface area contributed by atoms with E-state index in [-0.39, 0.29) is 0 Å². The maximum absolute atomic E-state index is 9.02. The topological polar surface area (TPSA) is 44.3 Å². The summed E-state index contributed by atoms with van der Waals surface area (Å²) >= 11 is 0. The molecule has 0 bridgehead atoms. The van der Waals surface area contributed by atoms with Gasteiger partial charge >= 0.3 is 0 Å². The standard InChI is InChI=1S/C13H26N2O/c1-10-2-5-14-12(8-10)13-9-11(4-7-16)3-6-15-13/h10-16H,2-9H2,1H3. The molecule has 2 heterocycles. The molecule has 4 unspecified atom stereocenters. The van der Waals surface area contributed by atoms with Crippen molar-refractivity contribution >= 4 is 0 Å². The van der Waals surface area contributed by atoms with Crippen LogP contribution in [0.15, 0.2) is 0 Å². The van der Waals surface area contributed by atoms with Crippen LogP contribution in [0, 0.1) is 11.8 Å². The van der Waals surface area contributed by atoms with Gasteiger partial charge in [0, 0.05) is 18.7 Å². The summed E-state index contributed by atoms with van der Waals surface area (Å²) in [6, 6.07) is 1.29. The largest absolute Gasteiger partial charge is 0.396 e. The summed E-state index contributed by atoms with van der Waals surface area (Å²) in [5.74, 6) is 1.60. The highest BCUT2D eigenvalue weighted by atomic mass is 16.3. The minimum absolute atomic E-state index is 0.353. The van der Waals surface area contributed by atoms with Gasteiger partial charge in [0.15, 0.2) is 0 Å². The fourth-order valence-electron chi connectivity index (χ4n) is 3.24. The van der Waals surface area contributed by atoms with Crippen LogP contribution in [0.5, 0.6) is 0 Å². The fourth-order valence-corrected chi connectivity index (χ4v) is 3.24. The first-order chi connectivity index (χ1) is 7.79. The lowest BCUT2D eigenvalue weighted by molar-refractivity contribution is 0.177. The Balaban J connectivity index is 1.83. The molecular formula is C13H26N2O. The third-order valence-electron chi connectivity index (χ3n) is 4.27. The van der Waals surface area contributed by atoms with Gasteiger partial charge in [-0.25, -0.2) is 0 Å². The summed E-state index contributed by atoms with van der Waals surface area (Å²) in [7, 11) is 0. The summed E-state index contributed by atoms with van der Waals surface area (Å²) in [6.07, 6.45) is 6.09. The molecule has 4 atom stereocenters. The van der Waals surface area contributed by atoms with Gasteiger partial charge in [-0.3, -0.25) is 0 Å². The molecule has 0 saturated carbocycles. The van der Waals surface area contributed by atoms with E-state index in [9.17, 15) is 0 Å². The second kappa shape index (κ2) is 5.99. The lowest BCUT2D eigenvalue weighted by Crippen LogP contribution is -2.54. The van der Waals surface area contributed by atoms with Gasteiger partial charge < -0.3 is 15.7 Å². The SMILES string of the molecule is CC1CCNC(C2CC(CCO)CCN2)C1. The molecule has 0 spiro atoms. The Morgan fingerprint density at radius 1 is 1.06 bits per heavy atom. The maximum Gasteiger partial charge on any atom is 0.0433 e. The van der Waals surface area contributed by atoms with E-state index < -0.39 is 0 Å². The highest BCUT2D eigenvalue weighted by Crippen LogP contribution is 2.25. The molecule has 2 saturated heterocycles. The molecule has 0 aromatic carbocycles. The molecular weight excluding hydrogens is 200 g/mol. The van der Waals surface area contributed by atoms with Gasteiger partial charge in [-0.1, -0.05) is 6.92 Å². The fraction of sp³-hybridized carbons (Fsp3) is 1.00. The zero-order valence-corrected chi connectivity index (χ0v) is 10.4. The molecule has 0 aromatic rings. The average molecular weight is 226 g/mol. The molecule has 2 aliphatic rings. The Bertz CT molecular complexity index is 208. The number of piperidine rings is 2. The molecule has 3 N–H and O–H groups in total. The molecule has 94 valence electrons. The van der Waals surface area contributed by atoms with Crippen LogP contribution in [-0.2, 0) is 0 Å². The first kappa shape index (κ1) is 12.3. The Kier molecular flexibility index (Phi) is 4.62. The number of aliphatic hydroxyl groups is 1. The van der Waals surface area contributed by atoms with E-state index in [0.717, 1.165) is 24.8 Å². The Labute approximate surface area is 99.0 Å². The number of aliphatic hydroxyl groups excluding tert-OH is 1. The second-order valence-corrected chi connectivity index (χ2v) is 5.65.